The van der Waals surface area contributed by atoms with E-state index in [1.54, 1.807) is 24.3 Å². The highest BCUT2D eigenvalue weighted by Crippen LogP contribution is 2.45. The van der Waals surface area contributed by atoms with Crippen LogP contribution in [0.25, 0.3) is 5.70 Å². The van der Waals surface area contributed by atoms with E-state index in [-0.39, 0.29) is 23.6 Å². The van der Waals surface area contributed by atoms with Gasteiger partial charge < -0.3 is 5.32 Å². The lowest BCUT2D eigenvalue weighted by Crippen LogP contribution is -2.36. The zero-order chi connectivity index (χ0) is 19.3. The van der Waals surface area contributed by atoms with E-state index < -0.39 is 0 Å². The van der Waals surface area contributed by atoms with E-state index in [0.717, 1.165) is 39.3 Å². The van der Waals surface area contributed by atoms with Crippen LogP contribution in [0.1, 0.15) is 34.2 Å². The lowest BCUT2D eigenvalue weighted by Gasteiger charge is -2.39. The third-order valence-corrected chi connectivity index (χ3v) is 5.35. The standard InChI is InChI=1S/C23H17F2N3/c1-13-18-3-2-4-19-21(18)23(28-27-13)20(14-5-9-16(24)10-6-14)22(26-19)15-7-11-17(25)12-8-15/h2-12,20,22,26-27H,1H2. The number of rotatable bonds is 2. The molecule has 3 aromatic carbocycles. The van der Waals surface area contributed by atoms with Crippen molar-refractivity contribution in [1.29, 1.82) is 0 Å². The number of hydrogen-bond donors (Lipinski definition) is 2. The predicted octanol–water partition coefficient (Wildman–Crippen LogP) is 5.19. The van der Waals surface area contributed by atoms with Gasteiger partial charge in [-0.3, -0.25) is 5.43 Å². The molecule has 3 nitrogen and oxygen atoms in total. The van der Waals surface area contributed by atoms with Crippen LogP contribution < -0.4 is 10.7 Å². The first-order chi connectivity index (χ1) is 13.6. The minimum Gasteiger partial charge on any atom is -0.377 e. The summed E-state index contributed by atoms with van der Waals surface area (Å²) in [6.07, 6.45) is 0. The Bertz CT molecular complexity index is 1100. The zero-order valence-electron chi connectivity index (χ0n) is 14.9. The topological polar surface area (TPSA) is 36.4 Å². The predicted molar refractivity (Wildman–Crippen MR) is 107 cm³/mol. The van der Waals surface area contributed by atoms with Crippen LogP contribution in [-0.2, 0) is 0 Å². The highest BCUT2D eigenvalue weighted by molar-refractivity contribution is 6.15. The number of nitrogens with one attached hydrogen (secondary N) is 2. The highest BCUT2D eigenvalue weighted by atomic mass is 19.1. The van der Waals surface area contributed by atoms with Gasteiger partial charge in [-0.15, -0.1) is 0 Å². The fourth-order valence-electron chi connectivity index (χ4n) is 4.04. The van der Waals surface area contributed by atoms with Gasteiger partial charge in [0.05, 0.1) is 23.4 Å². The van der Waals surface area contributed by atoms with Gasteiger partial charge in [-0.1, -0.05) is 43.0 Å². The van der Waals surface area contributed by atoms with Crippen LogP contribution in [0.15, 0.2) is 78.4 Å². The zero-order valence-corrected chi connectivity index (χ0v) is 14.9. The van der Waals surface area contributed by atoms with Crippen molar-refractivity contribution >= 4 is 17.1 Å². The minimum absolute atomic E-state index is 0.180. The summed E-state index contributed by atoms with van der Waals surface area (Å²) >= 11 is 0. The molecule has 0 amide bonds. The Morgan fingerprint density at radius 3 is 2.14 bits per heavy atom. The second-order valence-electron chi connectivity index (χ2n) is 7.02. The molecule has 0 radical (unpaired) electrons. The lowest BCUT2D eigenvalue weighted by atomic mass is 9.76. The number of hydrogen-bond acceptors (Lipinski definition) is 3. The van der Waals surface area contributed by atoms with Gasteiger partial charge in [0.2, 0.25) is 0 Å². The van der Waals surface area contributed by atoms with Crippen LogP contribution in [0.2, 0.25) is 0 Å². The molecule has 0 fully saturated rings. The number of nitrogens with zero attached hydrogens (tertiary/aromatic N) is 1. The summed E-state index contributed by atoms with van der Waals surface area (Å²) in [7, 11) is 0. The van der Waals surface area contributed by atoms with Crippen molar-refractivity contribution in [3.05, 3.63) is 107 Å². The van der Waals surface area contributed by atoms with Gasteiger partial charge >= 0.3 is 0 Å². The van der Waals surface area contributed by atoms with Crippen molar-refractivity contribution in [2.24, 2.45) is 5.10 Å². The lowest BCUT2D eigenvalue weighted by molar-refractivity contribution is 0.621. The van der Waals surface area contributed by atoms with Crippen LogP contribution >= 0.6 is 0 Å². The molecule has 3 aromatic rings. The summed E-state index contributed by atoms with van der Waals surface area (Å²) in [5.41, 5.74) is 9.41. The average molecular weight is 373 g/mol. The normalized spacial score (nSPS) is 19.9. The molecule has 2 heterocycles. The quantitative estimate of drug-likeness (QED) is 0.648. The van der Waals surface area contributed by atoms with Gasteiger partial charge in [0.25, 0.3) is 0 Å². The Kier molecular flexibility index (Phi) is 3.76. The van der Waals surface area contributed by atoms with Crippen molar-refractivity contribution < 1.29 is 8.78 Å². The molecule has 0 saturated heterocycles. The Hall–Kier alpha value is -3.47. The third kappa shape index (κ3) is 2.59. The first-order valence-corrected chi connectivity index (χ1v) is 9.05. The van der Waals surface area contributed by atoms with E-state index in [1.165, 1.54) is 24.3 Å². The van der Waals surface area contributed by atoms with E-state index in [2.05, 4.69) is 22.4 Å². The molecule has 2 aliphatic heterocycles. The van der Waals surface area contributed by atoms with Crippen molar-refractivity contribution in [2.75, 3.05) is 5.32 Å². The molecule has 138 valence electrons. The molecule has 0 aliphatic carbocycles. The second-order valence-corrected chi connectivity index (χ2v) is 7.02. The molecule has 5 rings (SSSR count). The maximum atomic E-state index is 13.6. The van der Waals surface area contributed by atoms with E-state index in [0.29, 0.717) is 0 Å². The van der Waals surface area contributed by atoms with Crippen LogP contribution in [0, 0.1) is 11.6 Å². The monoisotopic (exact) mass is 373 g/mol. The van der Waals surface area contributed by atoms with Gasteiger partial charge in [-0.05, 0) is 41.5 Å². The van der Waals surface area contributed by atoms with Gasteiger partial charge in [0, 0.05) is 16.8 Å². The van der Waals surface area contributed by atoms with Gasteiger partial charge in [-0.2, -0.15) is 5.10 Å². The molecule has 2 unspecified atom stereocenters. The van der Waals surface area contributed by atoms with Gasteiger partial charge in [0.15, 0.2) is 0 Å². The summed E-state index contributed by atoms with van der Waals surface area (Å²) in [6, 6.07) is 18.7. The molecule has 0 bridgehead atoms. The van der Waals surface area contributed by atoms with Gasteiger partial charge in [-0.25, -0.2) is 8.78 Å². The fraction of sp³-hybridized carbons (Fsp3) is 0.0870. The van der Waals surface area contributed by atoms with E-state index in [9.17, 15) is 8.78 Å². The maximum absolute atomic E-state index is 13.6. The van der Waals surface area contributed by atoms with E-state index in [4.69, 9.17) is 0 Å². The van der Waals surface area contributed by atoms with E-state index in [1.807, 2.05) is 18.2 Å². The minimum atomic E-state index is -0.288. The van der Waals surface area contributed by atoms with Crippen molar-refractivity contribution in [2.45, 2.75) is 12.0 Å². The van der Waals surface area contributed by atoms with Gasteiger partial charge in [0.1, 0.15) is 11.6 Å². The molecule has 2 aliphatic rings. The molecule has 28 heavy (non-hydrogen) atoms. The summed E-state index contributed by atoms with van der Waals surface area (Å²) < 4.78 is 27.1. The number of benzene rings is 3. The Balaban J connectivity index is 1.73. The first kappa shape index (κ1) is 16.7. The first-order valence-electron chi connectivity index (χ1n) is 9.05. The SMILES string of the molecule is C=C1NN=C2c3c(cccc31)NC(c1ccc(F)cc1)C2c1ccc(F)cc1. The second kappa shape index (κ2) is 6.30. The summed E-state index contributed by atoms with van der Waals surface area (Å²) in [6.45, 7) is 4.05. The Labute approximate surface area is 161 Å². The maximum Gasteiger partial charge on any atom is 0.123 e. The summed E-state index contributed by atoms with van der Waals surface area (Å²) in [5, 5.41) is 8.20. The molecular weight excluding hydrogens is 356 g/mol. The average Bonchev–Trinajstić information content (AvgIpc) is 2.71. The van der Waals surface area contributed by atoms with E-state index >= 15 is 0 Å². The van der Waals surface area contributed by atoms with Crippen LogP contribution in [-0.4, -0.2) is 5.71 Å². The molecule has 0 saturated carbocycles. The molecule has 0 aromatic heterocycles. The highest BCUT2D eigenvalue weighted by Gasteiger charge is 2.38. The summed E-state index contributed by atoms with van der Waals surface area (Å²) in [4.78, 5) is 0. The largest absolute Gasteiger partial charge is 0.377 e. The van der Waals surface area contributed by atoms with Crippen LogP contribution in [0.5, 0.6) is 0 Å². The Morgan fingerprint density at radius 2 is 1.46 bits per heavy atom. The van der Waals surface area contributed by atoms with Crippen LogP contribution in [0.4, 0.5) is 14.5 Å². The molecule has 2 N–H and O–H groups in total. The fourth-order valence-corrected chi connectivity index (χ4v) is 4.04. The third-order valence-electron chi connectivity index (χ3n) is 5.35. The number of anilines is 1. The van der Waals surface area contributed by atoms with Crippen molar-refractivity contribution in [3.63, 3.8) is 0 Å². The molecule has 5 heteroatoms. The van der Waals surface area contributed by atoms with Crippen molar-refractivity contribution in [3.8, 4) is 0 Å². The number of hydrazone groups is 1. The van der Waals surface area contributed by atoms with Crippen LogP contribution in [0.3, 0.4) is 0 Å². The van der Waals surface area contributed by atoms with Crippen molar-refractivity contribution in [1.82, 2.24) is 5.43 Å². The smallest absolute Gasteiger partial charge is 0.123 e. The molecule has 0 spiro atoms. The summed E-state index contributed by atoms with van der Waals surface area (Å²) in [5.74, 6) is -0.752. The number of halogens is 2. The molecule has 2 atom stereocenters. The molecular formula is C23H17F2N3. The Morgan fingerprint density at radius 1 is 0.821 bits per heavy atom.